The topological polar surface area (TPSA) is 161 Å². The average Bonchev–Trinajstić information content (AvgIpc) is 2.39. The third-order valence-electron chi connectivity index (χ3n) is 3.14. The molecule has 1 rings (SSSR count). The Hall–Kier alpha value is -1.87. The summed E-state index contributed by atoms with van der Waals surface area (Å²) in [4.78, 5) is 29.7. The molecule has 0 aromatic heterocycles. The lowest BCUT2D eigenvalue weighted by molar-refractivity contribution is -0.147. The Labute approximate surface area is 121 Å². The van der Waals surface area contributed by atoms with E-state index in [4.69, 9.17) is 26.3 Å². The number of hydrogen-bond acceptors (Lipinski definition) is 5. The maximum atomic E-state index is 10.4. The van der Waals surface area contributed by atoms with E-state index in [-0.39, 0.29) is 5.06 Å². The monoisotopic (exact) mass is 306 g/mol. The first-order valence-corrected chi connectivity index (χ1v) is 6.63. The van der Waals surface area contributed by atoms with Crippen molar-refractivity contribution in [3.8, 4) is 0 Å². The van der Waals surface area contributed by atoms with E-state index in [1.807, 2.05) is 0 Å². The van der Waals surface area contributed by atoms with Crippen LogP contribution in [0.3, 0.4) is 0 Å². The van der Waals surface area contributed by atoms with Crippen LogP contribution in [0.4, 0.5) is 4.79 Å². The van der Waals surface area contributed by atoms with Crippen LogP contribution in [0.15, 0.2) is 0 Å². The molecule has 0 spiro atoms. The van der Waals surface area contributed by atoms with Gasteiger partial charge in [-0.2, -0.15) is 5.06 Å². The van der Waals surface area contributed by atoms with Gasteiger partial charge in [0, 0.05) is 0 Å². The van der Waals surface area contributed by atoms with Crippen LogP contribution >= 0.6 is 0 Å². The van der Waals surface area contributed by atoms with Crippen LogP contribution in [0, 0.1) is 5.92 Å². The molecule has 0 bridgehead atoms. The van der Waals surface area contributed by atoms with Crippen LogP contribution in [-0.4, -0.2) is 56.2 Å². The Morgan fingerprint density at radius 2 is 1.62 bits per heavy atom. The fourth-order valence-electron chi connectivity index (χ4n) is 2.08. The molecule has 1 saturated carbocycles. The first kappa shape index (κ1) is 19.1. The molecule has 1 atom stereocenters. The highest BCUT2D eigenvalue weighted by atomic mass is 16.6. The molecule has 6 N–H and O–H groups in total. The van der Waals surface area contributed by atoms with Gasteiger partial charge in [-0.1, -0.05) is 32.1 Å². The average molecular weight is 306 g/mol. The predicted molar refractivity (Wildman–Crippen MR) is 71.0 cm³/mol. The standard InChI is InChI=1S/C9H17NO2.C3H5NO5/c10-8(9(11)12)6-7-4-2-1-3-5-7;5-2(6)1-4(9)3(7)8/h7-8H,1-6,10H2,(H,11,12);9H,1H2,(H,5,6)(H,7,8)/t8-;/m0./s1. The SMILES string of the molecule is N[C@@H](CC1CCCCC1)C(=O)O.O=C(O)CN(O)C(=O)O. The van der Waals surface area contributed by atoms with Crippen molar-refractivity contribution in [2.45, 2.75) is 44.6 Å². The van der Waals surface area contributed by atoms with Crippen molar-refractivity contribution in [2.75, 3.05) is 6.54 Å². The van der Waals surface area contributed by atoms with Crippen LogP contribution in [0.25, 0.3) is 0 Å². The molecule has 1 amide bonds. The summed E-state index contributed by atoms with van der Waals surface area (Å²) in [6.07, 6.45) is 5.11. The van der Waals surface area contributed by atoms with Gasteiger partial charge in [-0.05, 0) is 12.3 Å². The maximum absolute atomic E-state index is 10.4. The van der Waals surface area contributed by atoms with Gasteiger partial charge in [-0.25, -0.2) is 4.79 Å². The molecule has 122 valence electrons. The van der Waals surface area contributed by atoms with E-state index in [9.17, 15) is 14.4 Å². The number of hydroxylamine groups is 2. The minimum absolute atomic E-state index is 0.317. The van der Waals surface area contributed by atoms with Crippen molar-refractivity contribution >= 4 is 18.0 Å². The molecule has 9 nitrogen and oxygen atoms in total. The zero-order valence-electron chi connectivity index (χ0n) is 11.6. The predicted octanol–water partition coefficient (Wildman–Crippen LogP) is 0.809. The molecule has 0 heterocycles. The Balaban J connectivity index is 0.000000400. The molecule has 0 aromatic rings. The van der Waals surface area contributed by atoms with E-state index < -0.39 is 30.6 Å². The maximum Gasteiger partial charge on any atom is 0.431 e. The first-order chi connectivity index (χ1) is 9.73. The number of carboxylic acid groups (broad SMARTS) is 3. The third-order valence-corrected chi connectivity index (χ3v) is 3.14. The smallest absolute Gasteiger partial charge is 0.431 e. The Bertz CT molecular complexity index is 356. The second kappa shape index (κ2) is 9.94. The normalized spacial score (nSPS) is 16.3. The van der Waals surface area contributed by atoms with Gasteiger partial charge >= 0.3 is 18.0 Å². The van der Waals surface area contributed by atoms with E-state index in [0.717, 1.165) is 0 Å². The van der Waals surface area contributed by atoms with Crippen LogP contribution in [0.1, 0.15) is 38.5 Å². The van der Waals surface area contributed by atoms with Crippen LogP contribution in [-0.2, 0) is 9.59 Å². The second-order valence-electron chi connectivity index (χ2n) is 4.92. The van der Waals surface area contributed by atoms with Gasteiger partial charge in [0.05, 0.1) is 0 Å². The summed E-state index contributed by atoms with van der Waals surface area (Å²) in [6, 6.07) is -0.645. The van der Waals surface area contributed by atoms with Crippen LogP contribution in [0.5, 0.6) is 0 Å². The van der Waals surface area contributed by atoms with Gasteiger partial charge < -0.3 is 21.1 Å². The zero-order valence-corrected chi connectivity index (χ0v) is 11.6. The molecule has 1 aliphatic carbocycles. The molecule has 0 radical (unpaired) electrons. The molecule has 0 saturated heterocycles. The molecule has 0 aliphatic heterocycles. The molecular weight excluding hydrogens is 284 g/mol. The van der Waals surface area contributed by atoms with E-state index in [0.29, 0.717) is 12.3 Å². The lowest BCUT2D eigenvalue weighted by Crippen LogP contribution is -2.32. The number of hydrogen-bond donors (Lipinski definition) is 5. The number of carbonyl (C=O) groups is 3. The number of carboxylic acids is 2. The Kier molecular flexibility index (Phi) is 9.06. The minimum atomic E-state index is -1.68. The van der Waals surface area contributed by atoms with Gasteiger partial charge in [0.25, 0.3) is 0 Å². The summed E-state index contributed by atoms with van der Waals surface area (Å²) < 4.78 is 0. The highest BCUT2D eigenvalue weighted by Crippen LogP contribution is 2.26. The van der Waals surface area contributed by atoms with Crippen molar-refractivity contribution in [2.24, 2.45) is 11.7 Å². The number of rotatable bonds is 5. The van der Waals surface area contributed by atoms with E-state index >= 15 is 0 Å². The lowest BCUT2D eigenvalue weighted by atomic mass is 9.85. The second-order valence-corrected chi connectivity index (χ2v) is 4.92. The van der Waals surface area contributed by atoms with Gasteiger partial charge in [0.1, 0.15) is 12.6 Å². The van der Waals surface area contributed by atoms with Gasteiger partial charge in [-0.15, -0.1) is 0 Å². The summed E-state index contributed by atoms with van der Waals surface area (Å²) in [7, 11) is 0. The summed E-state index contributed by atoms with van der Waals surface area (Å²) in [5.41, 5.74) is 5.45. The van der Waals surface area contributed by atoms with Crippen molar-refractivity contribution in [1.82, 2.24) is 5.06 Å². The number of nitrogens with two attached hydrogens (primary N) is 1. The molecule has 1 fully saturated rings. The van der Waals surface area contributed by atoms with Crippen LogP contribution in [0.2, 0.25) is 0 Å². The molecule has 0 aromatic carbocycles. The van der Waals surface area contributed by atoms with E-state index in [1.165, 1.54) is 32.1 Å². The fourth-order valence-corrected chi connectivity index (χ4v) is 2.08. The number of aliphatic carboxylic acids is 2. The summed E-state index contributed by atoms with van der Waals surface area (Å²) >= 11 is 0. The van der Waals surface area contributed by atoms with Crippen molar-refractivity contribution in [3.63, 3.8) is 0 Å². The number of amides is 1. The molecular formula is C12H22N2O7. The van der Waals surface area contributed by atoms with Crippen molar-refractivity contribution < 1.29 is 34.9 Å². The van der Waals surface area contributed by atoms with Crippen molar-refractivity contribution in [1.29, 1.82) is 0 Å². The van der Waals surface area contributed by atoms with Crippen molar-refractivity contribution in [3.05, 3.63) is 0 Å². The minimum Gasteiger partial charge on any atom is -0.480 e. The highest BCUT2D eigenvalue weighted by molar-refractivity contribution is 5.74. The third kappa shape index (κ3) is 9.63. The van der Waals surface area contributed by atoms with Gasteiger partial charge in [0.2, 0.25) is 0 Å². The quantitative estimate of drug-likeness (QED) is 0.368. The molecule has 0 unspecified atom stereocenters. The van der Waals surface area contributed by atoms with Gasteiger partial charge in [0.15, 0.2) is 0 Å². The molecule has 9 heteroatoms. The van der Waals surface area contributed by atoms with Gasteiger partial charge in [-0.3, -0.25) is 14.8 Å². The summed E-state index contributed by atoms with van der Waals surface area (Å²) in [5.74, 6) is -1.70. The number of nitrogens with zero attached hydrogens (tertiary/aromatic N) is 1. The summed E-state index contributed by atoms with van der Waals surface area (Å²) in [6.45, 7) is -0.921. The van der Waals surface area contributed by atoms with E-state index in [1.54, 1.807) is 0 Å². The fraction of sp³-hybridized carbons (Fsp3) is 0.750. The Morgan fingerprint density at radius 3 is 1.95 bits per heavy atom. The van der Waals surface area contributed by atoms with E-state index in [2.05, 4.69) is 0 Å². The lowest BCUT2D eigenvalue weighted by Gasteiger charge is -2.22. The highest BCUT2D eigenvalue weighted by Gasteiger charge is 2.20. The molecule has 1 aliphatic rings. The molecule has 21 heavy (non-hydrogen) atoms. The largest absolute Gasteiger partial charge is 0.480 e. The zero-order chi connectivity index (χ0) is 16.4. The first-order valence-electron chi connectivity index (χ1n) is 6.63. The Morgan fingerprint density at radius 1 is 1.10 bits per heavy atom. The van der Waals surface area contributed by atoms with Crippen LogP contribution < -0.4 is 5.73 Å². The summed E-state index contributed by atoms with van der Waals surface area (Å²) in [5, 5.41) is 32.1.